The molecule has 108 valence electrons. The van der Waals surface area contributed by atoms with E-state index >= 15 is 0 Å². The highest BCUT2D eigenvalue weighted by Gasteiger charge is 2.09. The van der Waals surface area contributed by atoms with E-state index in [1.54, 1.807) is 11.8 Å². The van der Waals surface area contributed by atoms with Crippen molar-refractivity contribution in [3.8, 4) is 0 Å². The minimum absolute atomic E-state index is 0.494. The summed E-state index contributed by atoms with van der Waals surface area (Å²) < 4.78 is 0. The fourth-order valence-electron chi connectivity index (χ4n) is 1.71. The monoisotopic (exact) mass is 281 g/mol. The molecule has 1 aromatic heterocycles. The van der Waals surface area contributed by atoms with Crippen LogP contribution in [0.1, 0.15) is 44.1 Å². The molecule has 4 heteroatoms. The zero-order valence-corrected chi connectivity index (χ0v) is 13.9. The summed E-state index contributed by atoms with van der Waals surface area (Å²) in [6.07, 6.45) is 1.23. The summed E-state index contributed by atoms with van der Waals surface area (Å²) in [6, 6.07) is 0. The van der Waals surface area contributed by atoms with Crippen LogP contribution in [-0.4, -0.2) is 28.3 Å². The van der Waals surface area contributed by atoms with E-state index in [9.17, 15) is 0 Å². The van der Waals surface area contributed by atoms with Crippen LogP contribution >= 0.6 is 11.8 Å². The number of nitrogens with zero attached hydrogens (tertiary/aromatic N) is 2. The van der Waals surface area contributed by atoms with E-state index in [4.69, 9.17) is 0 Å². The molecule has 0 aromatic carbocycles. The molecule has 1 N–H and O–H groups in total. The van der Waals surface area contributed by atoms with E-state index in [2.05, 4.69) is 56.8 Å². The second kappa shape index (κ2) is 7.85. The van der Waals surface area contributed by atoms with Gasteiger partial charge in [-0.15, -0.1) is 0 Å². The zero-order valence-electron chi connectivity index (χ0n) is 13.1. The summed E-state index contributed by atoms with van der Waals surface area (Å²) in [6.45, 7) is 15.0. The molecule has 0 saturated carbocycles. The van der Waals surface area contributed by atoms with Crippen molar-refractivity contribution < 1.29 is 0 Å². The van der Waals surface area contributed by atoms with Gasteiger partial charge in [0.2, 0.25) is 0 Å². The first-order valence-electron chi connectivity index (χ1n) is 7.09. The highest BCUT2D eigenvalue weighted by atomic mass is 32.2. The summed E-state index contributed by atoms with van der Waals surface area (Å²) in [5.41, 5.74) is 3.39. The number of nitrogens with one attached hydrogen (secondary N) is 1. The molecule has 1 heterocycles. The van der Waals surface area contributed by atoms with E-state index in [1.807, 2.05) is 0 Å². The SMILES string of the molecule is Cc1nc(SC(C)CNCCC(C)C)nc(C)c1C. The Kier molecular flexibility index (Phi) is 6.80. The van der Waals surface area contributed by atoms with Crippen LogP contribution < -0.4 is 5.32 Å². The summed E-state index contributed by atoms with van der Waals surface area (Å²) in [7, 11) is 0. The van der Waals surface area contributed by atoms with E-state index < -0.39 is 0 Å². The largest absolute Gasteiger partial charge is 0.316 e. The molecule has 1 unspecified atom stereocenters. The summed E-state index contributed by atoms with van der Waals surface area (Å²) in [5, 5.41) is 4.90. The van der Waals surface area contributed by atoms with Crippen LogP contribution in [0.4, 0.5) is 0 Å². The molecule has 0 aliphatic carbocycles. The Morgan fingerprint density at radius 2 is 1.63 bits per heavy atom. The predicted octanol–water partition coefficient (Wildman–Crippen LogP) is 3.52. The van der Waals surface area contributed by atoms with Crippen molar-refractivity contribution in [2.24, 2.45) is 5.92 Å². The van der Waals surface area contributed by atoms with Gasteiger partial charge in [-0.05, 0) is 45.2 Å². The van der Waals surface area contributed by atoms with Gasteiger partial charge in [-0.2, -0.15) is 0 Å². The molecule has 0 fully saturated rings. The molecule has 0 aliphatic heterocycles. The lowest BCUT2D eigenvalue weighted by Crippen LogP contribution is -2.24. The fourth-order valence-corrected chi connectivity index (χ4v) is 2.65. The van der Waals surface area contributed by atoms with Gasteiger partial charge in [-0.1, -0.05) is 32.5 Å². The maximum absolute atomic E-state index is 4.55. The van der Waals surface area contributed by atoms with Crippen LogP contribution in [0.5, 0.6) is 0 Å². The fraction of sp³-hybridized carbons (Fsp3) is 0.733. The summed E-state index contributed by atoms with van der Waals surface area (Å²) in [4.78, 5) is 9.11. The van der Waals surface area contributed by atoms with Gasteiger partial charge in [0.15, 0.2) is 5.16 Å². The maximum atomic E-state index is 4.55. The van der Waals surface area contributed by atoms with Gasteiger partial charge in [-0.3, -0.25) is 0 Å². The third-order valence-electron chi connectivity index (χ3n) is 3.25. The van der Waals surface area contributed by atoms with Gasteiger partial charge < -0.3 is 5.32 Å². The second-order valence-corrected chi connectivity index (χ2v) is 7.02. The lowest BCUT2D eigenvalue weighted by molar-refractivity contribution is 0.538. The number of hydrogen-bond acceptors (Lipinski definition) is 4. The van der Waals surface area contributed by atoms with Crippen LogP contribution in [-0.2, 0) is 0 Å². The van der Waals surface area contributed by atoms with E-state index in [-0.39, 0.29) is 0 Å². The Morgan fingerprint density at radius 1 is 1.05 bits per heavy atom. The van der Waals surface area contributed by atoms with Crippen LogP contribution in [0.2, 0.25) is 0 Å². The first-order chi connectivity index (χ1) is 8.90. The molecule has 0 bridgehead atoms. The van der Waals surface area contributed by atoms with E-state index in [0.717, 1.165) is 35.6 Å². The Labute approximate surface area is 122 Å². The number of thioether (sulfide) groups is 1. The molecular formula is C15H27N3S. The van der Waals surface area contributed by atoms with Crippen molar-refractivity contribution in [3.63, 3.8) is 0 Å². The average molecular weight is 281 g/mol. The molecule has 0 amide bonds. The Hall–Kier alpha value is -0.610. The normalized spacial score (nSPS) is 13.0. The Balaban J connectivity index is 2.42. The number of aryl methyl sites for hydroxylation is 2. The van der Waals surface area contributed by atoms with Crippen molar-refractivity contribution in [1.29, 1.82) is 0 Å². The molecule has 0 saturated heterocycles. The maximum Gasteiger partial charge on any atom is 0.188 e. The summed E-state index contributed by atoms with van der Waals surface area (Å²) in [5.74, 6) is 0.765. The van der Waals surface area contributed by atoms with Crippen LogP contribution in [0, 0.1) is 26.7 Å². The minimum atomic E-state index is 0.494. The molecule has 0 spiro atoms. The minimum Gasteiger partial charge on any atom is -0.316 e. The zero-order chi connectivity index (χ0) is 14.4. The lowest BCUT2D eigenvalue weighted by atomic mass is 10.1. The highest BCUT2D eigenvalue weighted by molar-refractivity contribution is 7.99. The molecule has 1 aromatic rings. The van der Waals surface area contributed by atoms with Crippen LogP contribution in [0.15, 0.2) is 5.16 Å². The lowest BCUT2D eigenvalue weighted by Gasteiger charge is -2.13. The number of rotatable bonds is 7. The topological polar surface area (TPSA) is 37.8 Å². The number of hydrogen-bond donors (Lipinski definition) is 1. The molecule has 1 atom stereocenters. The first-order valence-corrected chi connectivity index (χ1v) is 7.97. The third kappa shape index (κ3) is 5.91. The van der Waals surface area contributed by atoms with Crippen molar-refractivity contribution >= 4 is 11.8 Å². The molecule has 3 nitrogen and oxygen atoms in total. The highest BCUT2D eigenvalue weighted by Crippen LogP contribution is 2.21. The third-order valence-corrected chi connectivity index (χ3v) is 4.21. The van der Waals surface area contributed by atoms with Gasteiger partial charge in [0.05, 0.1) is 0 Å². The van der Waals surface area contributed by atoms with Gasteiger partial charge >= 0.3 is 0 Å². The van der Waals surface area contributed by atoms with Gasteiger partial charge in [0.1, 0.15) is 0 Å². The van der Waals surface area contributed by atoms with Crippen molar-refractivity contribution in [2.45, 2.75) is 58.4 Å². The predicted molar refractivity (Wildman–Crippen MR) is 83.9 cm³/mol. The molecule has 0 radical (unpaired) electrons. The first kappa shape index (κ1) is 16.4. The molecular weight excluding hydrogens is 254 g/mol. The van der Waals surface area contributed by atoms with Gasteiger partial charge in [0, 0.05) is 23.2 Å². The van der Waals surface area contributed by atoms with Crippen molar-refractivity contribution in [1.82, 2.24) is 15.3 Å². The smallest absolute Gasteiger partial charge is 0.188 e. The molecule has 0 aliphatic rings. The molecule has 19 heavy (non-hydrogen) atoms. The average Bonchev–Trinajstić information content (AvgIpc) is 2.31. The summed E-state index contributed by atoms with van der Waals surface area (Å²) >= 11 is 1.75. The van der Waals surface area contributed by atoms with E-state index in [1.165, 1.54) is 12.0 Å². The standard InChI is InChI=1S/C15H27N3S/c1-10(2)7-8-16-9-11(3)19-15-17-13(5)12(4)14(6)18-15/h10-11,16H,7-9H2,1-6H3. The van der Waals surface area contributed by atoms with Crippen LogP contribution in [0.3, 0.4) is 0 Å². The van der Waals surface area contributed by atoms with Crippen molar-refractivity contribution in [2.75, 3.05) is 13.1 Å². The van der Waals surface area contributed by atoms with Gasteiger partial charge in [-0.25, -0.2) is 9.97 Å². The quantitative estimate of drug-likeness (QED) is 0.471. The van der Waals surface area contributed by atoms with Gasteiger partial charge in [0.25, 0.3) is 0 Å². The number of aromatic nitrogens is 2. The molecule has 1 rings (SSSR count). The van der Waals surface area contributed by atoms with E-state index in [0.29, 0.717) is 5.25 Å². The Morgan fingerprint density at radius 3 is 2.16 bits per heavy atom. The van der Waals surface area contributed by atoms with Crippen molar-refractivity contribution in [3.05, 3.63) is 17.0 Å². The Bertz CT molecular complexity index is 381. The second-order valence-electron chi connectivity index (χ2n) is 5.62. The van der Waals surface area contributed by atoms with Crippen LogP contribution in [0.25, 0.3) is 0 Å².